The molecule has 1 aliphatic rings. The summed E-state index contributed by atoms with van der Waals surface area (Å²) in [7, 11) is 0. The van der Waals surface area contributed by atoms with Crippen LogP contribution >= 0.6 is 24.2 Å². The maximum absolute atomic E-state index is 11.8. The van der Waals surface area contributed by atoms with Crippen molar-refractivity contribution in [1.29, 1.82) is 0 Å². The van der Waals surface area contributed by atoms with Gasteiger partial charge in [-0.25, -0.2) is 0 Å². The summed E-state index contributed by atoms with van der Waals surface area (Å²) in [5, 5.41) is 3.08. The van der Waals surface area contributed by atoms with Crippen molar-refractivity contribution in [3.05, 3.63) is 35.9 Å². The van der Waals surface area contributed by atoms with Crippen LogP contribution in [0.15, 0.2) is 30.3 Å². The fraction of sp³-hybridized carbons (Fsp3) is 0.462. The number of benzene rings is 1. The number of rotatable bonds is 4. The molecular formula is C13H19ClN2OS. The SMILES string of the molecule is Cl.NC(CNC(=O)C1CCCS1)c1ccccc1. The smallest absolute Gasteiger partial charge is 0.233 e. The van der Waals surface area contributed by atoms with Crippen molar-refractivity contribution in [3.63, 3.8) is 0 Å². The molecule has 5 heteroatoms. The minimum absolute atomic E-state index is 0. The Bertz CT molecular complexity index is 369. The molecule has 0 aromatic heterocycles. The third kappa shape index (κ3) is 4.19. The van der Waals surface area contributed by atoms with Crippen LogP contribution in [-0.2, 0) is 4.79 Å². The number of halogens is 1. The predicted molar refractivity (Wildman–Crippen MR) is 79.1 cm³/mol. The number of carbonyl (C=O) groups is 1. The standard InChI is InChI=1S/C13H18N2OS.ClH/c14-11(10-5-2-1-3-6-10)9-15-13(16)12-7-4-8-17-12;/h1-3,5-6,11-12H,4,7-9,14H2,(H,15,16);1H. The zero-order valence-electron chi connectivity index (χ0n) is 10.2. The van der Waals surface area contributed by atoms with E-state index >= 15 is 0 Å². The molecule has 0 radical (unpaired) electrons. The van der Waals surface area contributed by atoms with Gasteiger partial charge in [-0.2, -0.15) is 0 Å². The Morgan fingerprint density at radius 2 is 2.17 bits per heavy atom. The topological polar surface area (TPSA) is 55.1 Å². The maximum atomic E-state index is 11.8. The zero-order valence-corrected chi connectivity index (χ0v) is 11.8. The molecule has 2 unspecified atom stereocenters. The average Bonchev–Trinajstić information content (AvgIpc) is 2.90. The molecule has 1 aliphatic heterocycles. The van der Waals surface area contributed by atoms with Gasteiger partial charge in [0.2, 0.25) is 5.91 Å². The summed E-state index contributed by atoms with van der Waals surface area (Å²) < 4.78 is 0. The zero-order chi connectivity index (χ0) is 12.1. The van der Waals surface area contributed by atoms with E-state index in [-0.39, 0.29) is 29.6 Å². The van der Waals surface area contributed by atoms with Crippen molar-refractivity contribution >= 4 is 30.1 Å². The number of thioether (sulfide) groups is 1. The van der Waals surface area contributed by atoms with Gasteiger partial charge in [0.25, 0.3) is 0 Å². The fourth-order valence-corrected chi connectivity index (χ4v) is 3.11. The largest absolute Gasteiger partial charge is 0.353 e. The van der Waals surface area contributed by atoms with E-state index in [1.807, 2.05) is 30.3 Å². The van der Waals surface area contributed by atoms with Crippen molar-refractivity contribution in [3.8, 4) is 0 Å². The summed E-state index contributed by atoms with van der Waals surface area (Å²) in [6.45, 7) is 0.514. The third-order valence-electron chi connectivity index (χ3n) is 2.95. The van der Waals surface area contributed by atoms with Gasteiger partial charge in [0.15, 0.2) is 0 Å². The molecule has 1 saturated heterocycles. The van der Waals surface area contributed by atoms with Gasteiger partial charge in [-0.05, 0) is 24.2 Å². The molecule has 0 aliphatic carbocycles. The Hall–Kier alpha value is -0.710. The minimum atomic E-state index is -0.119. The predicted octanol–water partition coefficient (Wildman–Crippen LogP) is 2.12. The maximum Gasteiger partial charge on any atom is 0.233 e. The van der Waals surface area contributed by atoms with Crippen LogP contribution in [0.3, 0.4) is 0 Å². The van der Waals surface area contributed by atoms with E-state index in [0.29, 0.717) is 6.54 Å². The Morgan fingerprint density at radius 3 is 2.78 bits per heavy atom. The number of hydrogen-bond acceptors (Lipinski definition) is 3. The van der Waals surface area contributed by atoms with Crippen LogP contribution < -0.4 is 11.1 Å². The lowest BCUT2D eigenvalue weighted by atomic mass is 10.1. The minimum Gasteiger partial charge on any atom is -0.353 e. The van der Waals surface area contributed by atoms with Crippen molar-refractivity contribution in [2.45, 2.75) is 24.1 Å². The van der Waals surface area contributed by atoms with Gasteiger partial charge in [-0.3, -0.25) is 4.79 Å². The molecule has 0 bridgehead atoms. The lowest BCUT2D eigenvalue weighted by Crippen LogP contribution is -2.36. The summed E-state index contributed by atoms with van der Waals surface area (Å²) in [6, 6.07) is 9.74. The van der Waals surface area contributed by atoms with Gasteiger partial charge in [0.05, 0.1) is 5.25 Å². The first kappa shape index (κ1) is 15.3. The van der Waals surface area contributed by atoms with Crippen LogP contribution in [0.25, 0.3) is 0 Å². The van der Waals surface area contributed by atoms with Crippen molar-refractivity contribution < 1.29 is 4.79 Å². The second-order valence-corrected chi connectivity index (χ2v) is 5.57. The Kier molecular flexibility index (Phi) is 6.54. The molecule has 1 aromatic rings. The Balaban J connectivity index is 0.00000162. The van der Waals surface area contributed by atoms with E-state index in [2.05, 4.69) is 5.32 Å². The van der Waals surface area contributed by atoms with E-state index in [1.54, 1.807) is 11.8 Å². The molecule has 2 atom stereocenters. The molecular weight excluding hydrogens is 268 g/mol. The second-order valence-electron chi connectivity index (χ2n) is 4.26. The van der Waals surface area contributed by atoms with E-state index in [1.165, 1.54) is 0 Å². The monoisotopic (exact) mass is 286 g/mol. The van der Waals surface area contributed by atoms with E-state index in [0.717, 1.165) is 24.2 Å². The van der Waals surface area contributed by atoms with E-state index in [4.69, 9.17) is 5.73 Å². The normalized spacial score (nSPS) is 19.9. The molecule has 2 rings (SSSR count). The van der Waals surface area contributed by atoms with Crippen LogP contribution in [0.5, 0.6) is 0 Å². The van der Waals surface area contributed by atoms with Crippen molar-refractivity contribution in [2.75, 3.05) is 12.3 Å². The van der Waals surface area contributed by atoms with Gasteiger partial charge in [-0.1, -0.05) is 30.3 Å². The highest BCUT2D eigenvalue weighted by Crippen LogP contribution is 2.26. The molecule has 1 fully saturated rings. The van der Waals surface area contributed by atoms with Crippen LogP contribution in [0.2, 0.25) is 0 Å². The first-order chi connectivity index (χ1) is 8.27. The Labute approximate surface area is 118 Å². The first-order valence-electron chi connectivity index (χ1n) is 5.97. The molecule has 1 heterocycles. The molecule has 100 valence electrons. The average molecular weight is 287 g/mol. The van der Waals surface area contributed by atoms with Crippen molar-refractivity contribution in [2.24, 2.45) is 5.73 Å². The van der Waals surface area contributed by atoms with Crippen LogP contribution in [-0.4, -0.2) is 23.5 Å². The summed E-state index contributed by atoms with van der Waals surface area (Å²) in [5.41, 5.74) is 7.08. The van der Waals surface area contributed by atoms with E-state index in [9.17, 15) is 4.79 Å². The lowest BCUT2D eigenvalue weighted by Gasteiger charge is -2.15. The highest BCUT2D eigenvalue weighted by molar-refractivity contribution is 8.00. The van der Waals surface area contributed by atoms with Gasteiger partial charge in [0, 0.05) is 12.6 Å². The van der Waals surface area contributed by atoms with Gasteiger partial charge in [-0.15, -0.1) is 24.2 Å². The first-order valence-corrected chi connectivity index (χ1v) is 7.02. The molecule has 1 amide bonds. The third-order valence-corrected chi connectivity index (χ3v) is 4.32. The highest BCUT2D eigenvalue weighted by Gasteiger charge is 2.23. The quantitative estimate of drug-likeness (QED) is 0.891. The van der Waals surface area contributed by atoms with Gasteiger partial charge >= 0.3 is 0 Å². The van der Waals surface area contributed by atoms with Crippen LogP contribution in [0.1, 0.15) is 24.4 Å². The number of hydrogen-bond donors (Lipinski definition) is 2. The molecule has 0 saturated carbocycles. The van der Waals surface area contributed by atoms with E-state index < -0.39 is 0 Å². The lowest BCUT2D eigenvalue weighted by molar-refractivity contribution is -0.120. The Morgan fingerprint density at radius 1 is 1.44 bits per heavy atom. The highest BCUT2D eigenvalue weighted by atomic mass is 35.5. The fourth-order valence-electron chi connectivity index (χ4n) is 1.93. The van der Waals surface area contributed by atoms with Gasteiger partial charge in [0.1, 0.15) is 0 Å². The molecule has 1 aromatic carbocycles. The second kappa shape index (κ2) is 7.67. The van der Waals surface area contributed by atoms with Crippen LogP contribution in [0, 0.1) is 0 Å². The number of carbonyl (C=O) groups excluding carboxylic acids is 1. The van der Waals surface area contributed by atoms with Crippen LogP contribution in [0.4, 0.5) is 0 Å². The summed E-state index contributed by atoms with van der Waals surface area (Å²) >= 11 is 1.75. The van der Waals surface area contributed by atoms with Crippen molar-refractivity contribution in [1.82, 2.24) is 5.32 Å². The number of nitrogens with one attached hydrogen (secondary N) is 1. The summed E-state index contributed by atoms with van der Waals surface area (Å²) in [6.07, 6.45) is 2.14. The number of nitrogens with two attached hydrogens (primary N) is 1. The van der Waals surface area contributed by atoms with Gasteiger partial charge < -0.3 is 11.1 Å². The summed E-state index contributed by atoms with van der Waals surface area (Å²) in [4.78, 5) is 11.8. The molecule has 3 nitrogen and oxygen atoms in total. The number of amides is 1. The molecule has 3 N–H and O–H groups in total. The molecule has 18 heavy (non-hydrogen) atoms. The molecule has 0 spiro atoms. The summed E-state index contributed by atoms with van der Waals surface area (Å²) in [5.74, 6) is 1.24.